The zero-order chi connectivity index (χ0) is 19.3. The van der Waals surface area contributed by atoms with E-state index in [0.717, 1.165) is 6.07 Å². The average molecular weight is 381 g/mol. The number of para-hydroxylation sites is 2. The molecule has 2 rings (SSSR count). The second-order valence-electron chi connectivity index (χ2n) is 5.47. The molecule has 0 bridgehead atoms. The molecule has 0 heterocycles. The number of hydrogen-bond donors (Lipinski definition) is 3. The van der Waals surface area contributed by atoms with Gasteiger partial charge in [-0.2, -0.15) is 0 Å². The first-order chi connectivity index (χ1) is 12.2. The van der Waals surface area contributed by atoms with E-state index in [9.17, 15) is 23.6 Å². The Bertz CT molecular complexity index is 899. The fourth-order valence-electron chi connectivity index (χ4n) is 2.18. The number of nitro groups is 1. The van der Waals surface area contributed by atoms with Gasteiger partial charge >= 0.3 is 0 Å². The third-order valence-electron chi connectivity index (χ3n) is 3.40. The predicted octanol–water partition coefficient (Wildman–Crippen LogP) is 2.20. The second kappa shape index (κ2) is 8.02. The van der Waals surface area contributed by atoms with Crippen LogP contribution in [-0.2, 0) is 10.0 Å². The highest BCUT2D eigenvalue weighted by Crippen LogP contribution is 2.31. The van der Waals surface area contributed by atoms with E-state index in [-0.39, 0.29) is 28.5 Å². The van der Waals surface area contributed by atoms with E-state index >= 15 is 0 Å². The molecule has 1 atom stereocenters. The second-order valence-corrected chi connectivity index (χ2v) is 7.12. The van der Waals surface area contributed by atoms with Gasteiger partial charge in [0.15, 0.2) is 0 Å². The molecule has 0 spiro atoms. The first kappa shape index (κ1) is 19.5. The van der Waals surface area contributed by atoms with Gasteiger partial charge in [0.1, 0.15) is 10.6 Å². The van der Waals surface area contributed by atoms with E-state index in [0.29, 0.717) is 5.75 Å². The summed E-state index contributed by atoms with van der Waals surface area (Å²) in [5.74, 6) is 0.306. The summed E-state index contributed by atoms with van der Waals surface area (Å²) in [5.41, 5.74) is -0.0325. The van der Waals surface area contributed by atoms with E-state index in [4.69, 9.17) is 4.74 Å². The molecule has 2 aromatic carbocycles. The Kier molecular flexibility index (Phi) is 6.01. The summed E-state index contributed by atoms with van der Waals surface area (Å²) < 4.78 is 33.1. The van der Waals surface area contributed by atoms with Crippen molar-refractivity contribution in [1.29, 1.82) is 0 Å². The van der Waals surface area contributed by atoms with Crippen LogP contribution in [0.15, 0.2) is 47.4 Å². The van der Waals surface area contributed by atoms with Crippen molar-refractivity contribution >= 4 is 27.1 Å². The summed E-state index contributed by atoms with van der Waals surface area (Å²) in [5, 5.41) is 23.2. The molecule has 0 aliphatic heterocycles. The van der Waals surface area contributed by atoms with Gasteiger partial charge in [0.2, 0.25) is 0 Å². The van der Waals surface area contributed by atoms with Gasteiger partial charge in [-0.05, 0) is 25.1 Å². The molecule has 140 valence electrons. The SMILES string of the molecule is COc1ccccc1NS(=O)(=O)c1cc([N+](=O)[O-])ccc1NCC(C)O. The van der Waals surface area contributed by atoms with E-state index in [1.54, 1.807) is 18.2 Å². The highest BCUT2D eigenvalue weighted by atomic mass is 32.2. The molecule has 9 nitrogen and oxygen atoms in total. The molecular weight excluding hydrogens is 362 g/mol. The number of ether oxygens (including phenoxy) is 1. The molecule has 0 radical (unpaired) electrons. The Balaban J connectivity index is 2.48. The fraction of sp³-hybridized carbons (Fsp3) is 0.250. The predicted molar refractivity (Wildman–Crippen MR) is 97.1 cm³/mol. The van der Waals surface area contributed by atoms with Gasteiger partial charge in [0, 0.05) is 18.7 Å². The fourth-order valence-corrected chi connectivity index (χ4v) is 3.45. The van der Waals surface area contributed by atoms with Gasteiger partial charge < -0.3 is 15.2 Å². The molecule has 10 heteroatoms. The number of benzene rings is 2. The topological polar surface area (TPSA) is 131 Å². The number of nitrogens with zero attached hydrogens (tertiary/aromatic N) is 1. The highest BCUT2D eigenvalue weighted by Gasteiger charge is 2.23. The molecule has 0 aliphatic rings. The molecule has 0 aliphatic carbocycles. The molecule has 1 unspecified atom stereocenters. The summed E-state index contributed by atoms with van der Waals surface area (Å²) in [7, 11) is -2.76. The summed E-state index contributed by atoms with van der Waals surface area (Å²) >= 11 is 0. The Labute approximate surface area is 150 Å². The Morgan fingerprint density at radius 3 is 2.54 bits per heavy atom. The largest absolute Gasteiger partial charge is 0.495 e. The van der Waals surface area contributed by atoms with Crippen LogP contribution in [-0.4, -0.2) is 38.2 Å². The number of hydrogen-bond acceptors (Lipinski definition) is 7. The zero-order valence-electron chi connectivity index (χ0n) is 14.2. The van der Waals surface area contributed by atoms with Gasteiger partial charge in [-0.3, -0.25) is 14.8 Å². The molecule has 0 saturated carbocycles. The number of sulfonamides is 1. The summed E-state index contributed by atoms with van der Waals surface area (Å²) in [6.45, 7) is 1.61. The maximum atomic E-state index is 12.8. The monoisotopic (exact) mass is 381 g/mol. The van der Waals surface area contributed by atoms with Crippen LogP contribution < -0.4 is 14.8 Å². The van der Waals surface area contributed by atoms with Crippen LogP contribution in [0.25, 0.3) is 0 Å². The van der Waals surface area contributed by atoms with Crippen molar-refractivity contribution in [3.63, 3.8) is 0 Å². The van der Waals surface area contributed by atoms with E-state index in [1.165, 1.54) is 32.2 Å². The van der Waals surface area contributed by atoms with Crippen molar-refractivity contribution in [2.75, 3.05) is 23.7 Å². The lowest BCUT2D eigenvalue weighted by molar-refractivity contribution is -0.385. The number of nitrogens with one attached hydrogen (secondary N) is 2. The zero-order valence-corrected chi connectivity index (χ0v) is 15.0. The van der Waals surface area contributed by atoms with Gasteiger partial charge in [-0.15, -0.1) is 0 Å². The number of non-ortho nitro benzene ring substituents is 1. The van der Waals surface area contributed by atoms with Gasteiger partial charge in [0.05, 0.1) is 29.5 Å². The van der Waals surface area contributed by atoms with Gasteiger partial charge in [-0.1, -0.05) is 12.1 Å². The van der Waals surface area contributed by atoms with Crippen molar-refractivity contribution < 1.29 is 23.2 Å². The number of aliphatic hydroxyl groups is 1. The first-order valence-corrected chi connectivity index (χ1v) is 9.09. The summed E-state index contributed by atoms with van der Waals surface area (Å²) in [6.07, 6.45) is -0.733. The number of anilines is 2. The Morgan fingerprint density at radius 2 is 1.92 bits per heavy atom. The van der Waals surface area contributed by atoms with Crippen molar-refractivity contribution in [3.8, 4) is 5.75 Å². The number of aliphatic hydroxyl groups excluding tert-OH is 1. The van der Waals surface area contributed by atoms with Crippen LogP contribution in [0, 0.1) is 10.1 Å². The third kappa shape index (κ3) is 4.61. The van der Waals surface area contributed by atoms with Crippen LogP contribution in [0.4, 0.5) is 17.1 Å². The summed E-state index contributed by atoms with van der Waals surface area (Å²) in [4.78, 5) is 10.0. The van der Waals surface area contributed by atoms with Crippen molar-refractivity contribution in [2.24, 2.45) is 0 Å². The standard InChI is InChI=1S/C16H19N3O6S/c1-11(20)10-17-14-8-7-12(19(21)22)9-16(14)26(23,24)18-13-5-3-4-6-15(13)25-2/h3-9,11,17-18,20H,10H2,1-2H3. The molecular formula is C16H19N3O6S. The lowest BCUT2D eigenvalue weighted by Crippen LogP contribution is -2.20. The maximum Gasteiger partial charge on any atom is 0.270 e. The minimum atomic E-state index is -4.16. The first-order valence-electron chi connectivity index (χ1n) is 7.61. The van der Waals surface area contributed by atoms with E-state index in [2.05, 4.69) is 10.0 Å². The van der Waals surface area contributed by atoms with Gasteiger partial charge in [-0.25, -0.2) is 8.42 Å². The van der Waals surface area contributed by atoms with Crippen LogP contribution in [0.5, 0.6) is 5.75 Å². The van der Waals surface area contributed by atoms with Crippen LogP contribution in [0.1, 0.15) is 6.92 Å². The third-order valence-corrected chi connectivity index (χ3v) is 4.81. The van der Waals surface area contributed by atoms with Gasteiger partial charge in [0.25, 0.3) is 15.7 Å². The average Bonchev–Trinajstić information content (AvgIpc) is 2.59. The minimum absolute atomic E-state index is 0.0784. The lowest BCUT2D eigenvalue weighted by Gasteiger charge is -2.16. The quantitative estimate of drug-likeness (QED) is 0.472. The molecule has 3 N–H and O–H groups in total. The Hall–Kier alpha value is -2.85. The molecule has 0 aromatic heterocycles. The van der Waals surface area contributed by atoms with Crippen LogP contribution in [0.2, 0.25) is 0 Å². The summed E-state index contributed by atoms with van der Waals surface area (Å²) in [6, 6.07) is 9.83. The maximum absolute atomic E-state index is 12.8. The molecule has 0 saturated heterocycles. The number of rotatable bonds is 8. The Morgan fingerprint density at radius 1 is 1.23 bits per heavy atom. The smallest absolute Gasteiger partial charge is 0.270 e. The van der Waals surface area contributed by atoms with E-state index in [1.807, 2.05) is 0 Å². The molecule has 26 heavy (non-hydrogen) atoms. The number of methoxy groups -OCH3 is 1. The molecule has 0 amide bonds. The van der Waals surface area contributed by atoms with E-state index < -0.39 is 21.1 Å². The minimum Gasteiger partial charge on any atom is -0.495 e. The molecule has 2 aromatic rings. The normalized spacial score (nSPS) is 12.3. The van der Waals surface area contributed by atoms with Crippen molar-refractivity contribution in [3.05, 3.63) is 52.6 Å². The molecule has 0 fully saturated rings. The number of nitro benzene ring substituents is 1. The van der Waals surface area contributed by atoms with Crippen LogP contribution in [0.3, 0.4) is 0 Å². The highest BCUT2D eigenvalue weighted by molar-refractivity contribution is 7.93. The lowest BCUT2D eigenvalue weighted by atomic mass is 10.2. The van der Waals surface area contributed by atoms with Crippen molar-refractivity contribution in [1.82, 2.24) is 0 Å². The van der Waals surface area contributed by atoms with Crippen molar-refractivity contribution in [2.45, 2.75) is 17.9 Å². The van der Waals surface area contributed by atoms with Crippen LogP contribution >= 0.6 is 0 Å².